The van der Waals surface area contributed by atoms with Crippen LogP contribution in [0.5, 0.6) is 0 Å². The highest BCUT2D eigenvalue weighted by Gasteiger charge is 2.68. The van der Waals surface area contributed by atoms with Crippen LogP contribution in [0, 0.1) is 17.3 Å². The van der Waals surface area contributed by atoms with Gasteiger partial charge in [-0.1, -0.05) is 19.1 Å². The molecule has 0 bridgehead atoms. The molecule has 0 aromatic heterocycles. The average Bonchev–Trinajstić information content (AvgIpc) is 3.09. The Balaban J connectivity index is 2.49. The van der Waals surface area contributed by atoms with Gasteiger partial charge in [-0.25, -0.2) is 4.79 Å². The predicted molar refractivity (Wildman–Crippen MR) is 141 cm³/mol. The van der Waals surface area contributed by atoms with Gasteiger partial charge in [0.25, 0.3) is 0 Å². The molecule has 13 nitrogen and oxygen atoms in total. The van der Waals surface area contributed by atoms with Crippen molar-refractivity contribution in [2.45, 2.75) is 96.9 Å². The zero-order valence-corrected chi connectivity index (χ0v) is 24.8. The van der Waals surface area contributed by atoms with E-state index in [1.807, 2.05) is 0 Å². The molecule has 9 atom stereocenters. The minimum absolute atomic E-state index is 0.209. The van der Waals surface area contributed by atoms with Gasteiger partial charge in [-0.05, 0) is 25.8 Å². The zero-order valence-electron chi connectivity index (χ0n) is 24.8. The molecule has 1 saturated heterocycles. The second-order valence-electron chi connectivity index (χ2n) is 11.2. The molecule has 13 heteroatoms. The van der Waals surface area contributed by atoms with Crippen LogP contribution in [0.3, 0.4) is 0 Å². The van der Waals surface area contributed by atoms with Crippen molar-refractivity contribution in [1.29, 1.82) is 0 Å². The van der Waals surface area contributed by atoms with Gasteiger partial charge in [0.05, 0.1) is 24.0 Å². The van der Waals surface area contributed by atoms with E-state index in [0.717, 1.165) is 34.0 Å². The first-order valence-corrected chi connectivity index (χ1v) is 13.6. The zero-order chi connectivity index (χ0) is 31.7. The maximum absolute atomic E-state index is 13.1. The molecule has 1 heterocycles. The Labute approximate surface area is 243 Å². The van der Waals surface area contributed by atoms with Gasteiger partial charge in [-0.2, -0.15) is 0 Å². The number of ether oxygens (including phenoxy) is 6. The monoisotopic (exact) mass is 594 g/mol. The number of aliphatic hydroxyl groups is 1. The molecule has 0 unspecified atom stereocenters. The molecule has 3 aliphatic rings. The largest absolute Gasteiger partial charge is 0.466 e. The Morgan fingerprint density at radius 3 is 2.02 bits per heavy atom. The summed E-state index contributed by atoms with van der Waals surface area (Å²) in [5.74, 6) is -7.30. The van der Waals surface area contributed by atoms with Crippen LogP contribution in [0.1, 0.15) is 60.8 Å². The van der Waals surface area contributed by atoms with Crippen LogP contribution in [-0.4, -0.2) is 84.2 Å². The van der Waals surface area contributed by atoms with E-state index >= 15 is 0 Å². The SMILES string of the molecule is C=C1CC[C@H](OC(C)=O)[C@]2(C)[C@@H](OC(C)=O)C[C@@H](OC(C)=O)/C(C(=O)OC)=C/[C@@H]3OC(=O)[C@H](C)[C@@]3(O)[C@@H](OC(C)=O)[C@@H]12. The van der Waals surface area contributed by atoms with Crippen molar-refractivity contribution >= 4 is 35.8 Å². The van der Waals surface area contributed by atoms with Crippen molar-refractivity contribution in [3.63, 3.8) is 0 Å². The lowest BCUT2D eigenvalue weighted by atomic mass is 9.54. The van der Waals surface area contributed by atoms with Gasteiger partial charge < -0.3 is 33.5 Å². The lowest BCUT2D eigenvalue weighted by molar-refractivity contribution is -0.222. The predicted octanol–water partition coefficient (Wildman–Crippen LogP) is 1.48. The molecule has 1 aliphatic heterocycles. The molecule has 0 amide bonds. The highest BCUT2D eigenvalue weighted by molar-refractivity contribution is 5.90. The number of hydrogen-bond acceptors (Lipinski definition) is 13. The minimum atomic E-state index is -2.33. The van der Waals surface area contributed by atoms with E-state index in [1.165, 1.54) is 13.8 Å². The van der Waals surface area contributed by atoms with E-state index in [1.54, 1.807) is 6.92 Å². The van der Waals surface area contributed by atoms with Crippen molar-refractivity contribution in [2.24, 2.45) is 17.3 Å². The number of esters is 6. The van der Waals surface area contributed by atoms with Crippen LogP contribution < -0.4 is 0 Å². The molecule has 0 aromatic rings. The quantitative estimate of drug-likeness (QED) is 0.275. The summed E-state index contributed by atoms with van der Waals surface area (Å²) in [5, 5.41) is 12.4. The van der Waals surface area contributed by atoms with Crippen LogP contribution >= 0.6 is 0 Å². The summed E-state index contributed by atoms with van der Waals surface area (Å²) in [6, 6.07) is 0. The number of carbonyl (C=O) groups is 6. The molecular formula is C29H38O13. The number of hydrogen-bond donors (Lipinski definition) is 1. The van der Waals surface area contributed by atoms with E-state index < -0.39 is 89.2 Å². The Morgan fingerprint density at radius 1 is 0.952 bits per heavy atom. The van der Waals surface area contributed by atoms with Gasteiger partial charge in [-0.3, -0.25) is 24.0 Å². The maximum Gasteiger partial charge on any atom is 0.337 e. The molecule has 42 heavy (non-hydrogen) atoms. The van der Waals surface area contributed by atoms with Gasteiger partial charge in [0.2, 0.25) is 0 Å². The highest BCUT2D eigenvalue weighted by Crippen LogP contribution is 2.56. The van der Waals surface area contributed by atoms with Crippen molar-refractivity contribution in [3.8, 4) is 0 Å². The fourth-order valence-corrected chi connectivity index (χ4v) is 6.55. The summed E-state index contributed by atoms with van der Waals surface area (Å²) in [6.45, 7) is 11.7. The van der Waals surface area contributed by atoms with Crippen LogP contribution in [0.4, 0.5) is 0 Å². The number of rotatable bonds is 5. The number of methoxy groups -OCH3 is 1. The second-order valence-corrected chi connectivity index (χ2v) is 11.2. The third kappa shape index (κ3) is 5.92. The fourth-order valence-electron chi connectivity index (χ4n) is 6.55. The molecule has 1 N–H and O–H groups in total. The van der Waals surface area contributed by atoms with Crippen molar-refractivity contribution in [2.75, 3.05) is 7.11 Å². The smallest absolute Gasteiger partial charge is 0.337 e. The van der Waals surface area contributed by atoms with Gasteiger partial charge in [0.1, 0.15) is 24.4 Å². The van der Waals surface area contributed by atoms with Gasteiger partial charge >= 0.3 is 35.8 Å². The highest BCUT2D eigenvalue weighted by atomic mass is 16.6. The van der Waals surface area contributed by atoms with Gasteiger partial charge in [0, 0.05) is 40.0 Å². The lowest BCUT2D eigenvalue weighted by Crippen LogP contribution is -2.66. The Hall–Kier alpha value is -3.74. The van der Waals surface area contributed by atoms with Gasteiger partial charge in [-0.15, -0.1) is 0 Å². The lowest BCUT2D eigenvalue weighted by Gasteiger charge is -2.55. The molecule has 0 spiro atoms. The van der Waals surface area contributed by atoms with E-state index in [-0.39, 0.29) is 24.8 Å². The molecule has 2 aliphatic carbocycles. The fraction of sp³-hybridized carbons (Fsp3) is 0.655. The van der Waals surface area contributed by atoms with Crippen LogP contribution in [0.15, 0.2) is 23.8 Å². The molecule has 2 fully saturated rings. The van der Waals surface area contributed by atoms with Crippen LogP contribution in [0.2, 0.25) is 0 Å². The normalized spacial score (nSPS) is 37.4. The van der Waals surface area contributed by atoms with Crippen molar-refractivity contribution < 1.29 is 62.3 Å². The second kappa shape index (κ2) is 12.2. The standard InChI is InChI=1S/C29H38O13/c1-13-9-10-21(39-16(4)31)28(7)22(40-17(5)32)12-20(38-15(3)30)19(27(35)37-8)11-23-29(36,14(2)26(34)42-23)25(24(13)28)41-18(6)33/h11,14,20-25,36H,1,9-10,12H2,2-8H3/b19-11-/t14-,20+,21-,22-,23-,24+,25-,28+,29-/m0/s1. The Morgan fingerprint density at radius 2 is 1.50 bits per heavy atom. The molecule has 0 radical (unpaired) electrons. The van der Waals surface area contributed by atoms with E-state index in [2.05, 4.69) is 6.58 Å². The number of carbonyl (C=O) groups excluding carboxylic acids is 6. The summed E-state index contributed by atoms with van der Waals surface area (Å²) in [4.78, 5) is 75.8. The molecular weight excluding hydrogens is 556 g/mol. The molecule has 1 saturated carbocycles. The van der Waals surface area contributed by atoms with Crippen molar-refractivity contribution in [1.82, 2.24) is 0 Å². The third-order valence-corrected chi connectivity index (χ3v) is 8.47. The summed E-state index contributed by atoms with van der Waals surface area (Å²) < 4.78 is 33.3. The summed E-state index contributed by atoms with van der Waals surface area (Å²) in [5.41, 5.74) is -3.72. The summed E-state index contributed by atoms with van der Waals surface area (Å²) in [7, 11) is 1.08. The molecule has 3 rings (SSSR count). The first kappa shape index (κ1) is 32.8. The molecule has 232 valence electrons. The topological polar surface area (TPSA) is 178 Å². The summed E-state index contributed by atoms with van der Waals surface area (Å²) >= 11 is 0. The maximum atomic E-state index is 13.1. The van der Waals surface area contributed by atoms with Crippen LogP contribution in [-0.2, 0) is 57.2 Å². The number of fused-ring (bicyclic) bond motifs is 2. The van der Waals surface area contributed by atoms with E-state index in [4.69, 9.17) is 28.4 Å². The first-order valence-electron chi connectivity index (χ1n) is 13.6. The minimum Gasteiger partial charge on any atom is -0.466 e. The van der Waals surface area contributed by atoms with E-state index in [0.29, 0.717) is 5.57 Å². The van der Waals surface area contributed by atoms with Gasteiger partial charge in [0.15, 0.2) is 11.7 Å². The summed E-state index contributed by atoms with van der Waals surface area (Å²) in [6.07, 6.45) is -5.68. The average molecular weight is 595 g/mol. The third-order valence-electron chi connectivity index (χ3n) is 8.47. The van der Waals surface area contributed by atoms with Crippen LogP contribution in [0.25, 0.3) is 0 Å². The molecule has 0 aromatic carbocycles. The first-order chi connectivity index (χ1) is 19.5. The Kier molecular flexibility index (Phi) is 9.55. The van der Waals surface area contributed by atoms with E-state index in [9.17, 15) is 33.9 Å². The Bertz CT molecular complexity index is 1200. The van der Waals surface area contributed by atoms with Crippen molar-refractivity contribution in [3.05, 3.63) is 23.8 Å².